The topological polar surface area (TPSA) is 68.5 Å². The number of hydrogen-bond donors (Lipinski definition) is 1. The Hall–Kier alpha value is -3.08. The van der Waals surface area contributed by atoms with Crippen LogP contribution in [0.2, 0.25) is 0 Å². The number of ether oxygens (including phenoxy) is 1. The quantitative estimate of drug-likeness (QED) is 0.743. The monoisotopic (exact) mass is 337 g/mol. The van der Waals surface area contributed by atoms with Crippen molar-refractivity contribution in [3.8, 4) is 5.75 Å². The van der Waals surface area contributed by atoms with E-state index in [-0.39, 0.29) is 11.3 Å². The number of methoxy groups -OCH3 is 1. The summed E-state index contributed by atoms with van der Waals surface area (Å²) < 4.78 is 6.12. The molecule has 0 saturated carbocycles. The fourth-order valence-corrected chi connectivity index (χ4v) is 3.02. The molecule has 1 N–H and O–H groups in total. The van der Waals surface area contributed by atoms with Gasteiger partial charge in [-0.15, -0.1) is 0 Å². The zero-order chi connectivity index (χ0) is 18.0. The predicted octanol–water partition coefficient (Wildman–Crippen LogP) is 3.10. The molecule has 0 unspecified atom stereocenters. The Morgan fingerprint density at radius 2 is 1.84 bits per heavy atom. The standard InChI is InChI=1S/C20H19NO4/c1-3-21-16-12-14(11-13-7-5-4-6-8-13)9-10-15(16)18(22)17(19(21)23)20(24)25-2/h4-10,12,22H,3,11H2,1-2H3. The van der Waals surface area contributed by atoms with Gasteiger partial charge in [0.25, 0.3) is 5.56 Å². The summed E-state index contributed by atoms with van der Waals surface area (Å²) in [7, 11) is 1.19. The minimum absolute atomic E-state index is 0.326. The van der Waals surface area contributed by atoms with Crippen molar-refractivity contribution in [1.82, 2.24) is 4.57 Å². The lowest BCUT2D eigenvalue weighted by Crippen LogP contribution is -2.27. The van der Waals surface area contributed by atoms with Crippen LogP contribution in [0.3, 0.4) is 0 Å². The minimum atomic E-state index is -0.833. The first kappa shape index (κ1) is 16.8. The van der Waals surface area contributed by atoms with E-state index in [0.717, 1.165) is 11.1 Å². The first-order chi connectivity index (χ1) is 12.1. The molecule has 0 aliphatic rings. The second-order valence-electron chi connectivity index (χ2n) is 5.78. The summed E-state index contributed by atoms with van der Waals surface area (Å²) in [5.74, 6) is -1.16. The van der Waals surface area contributed by atoms with Crippen molar-refractivity contribution in [2.24, 2.45) is 0 Å². The van der Waals surface area contributed by atoms with Gasteiger partial charge in [0, 0.05) is 11.9 Å². The number of rotatable bonds is 4. The average molecular weight is 337 g/mol. The van der Waals surface area contributed by atoms with E-state index in [1.54, 1.807) is 6.07 Å². The van der Waals surface area contributed by atoms with Gasteiger partial charge in [-0.3, -0.25) is 4.79 Å². The molecule has 0 aliphatic carbocycles. The summed E-state index contributed by atoms with van der Waals surface area (Å²) in [6.07, 6.45) is 0.716. The number of carbonyl (C=O) groups is 1. The molecule has 0 fully saturated rings. The van der Waals surface area contributed by atoms with E-state index in [0.29, 0.717) is 23.9 Å². The lowest BCUT2D eigenvalue weighted by Gasteiger charge is -2.14. The highest BCUT2D eigenvalue weighted by Gasteiger charge is 2.22. The zero-order valence-electron chi connectivity index (χ0n) is 14.2. The normalized spacial score (nSPS) is 10.8. The Morgan fingerprint density at radius 3 is 2.48 bits per heavy atom. The van der Waals surface area contributed by atoms with Gasteiger partial charge in [0.1, 0.15) is 5.75 Å². The number of esters is 1. The Morgan fingerprint density at radius 1 is 1.12 bits per heavy atom. The van der Waals surface area contributed by atoms with Gasteiger partial charge in [-0.1, -0.05) is 36.4 Å². The molecule has 0 saturated heterocycles. The molecule has 0 spiro atoms. The lowest BCUT2D eigenvalue weighted by atomic mass is 10.0. The molecule has 0 aliphatic heterocycles. The number of hydrogen-bond acceptors (Lipinski definition) is 4. The Bertz CT molecular complexity index is 990. The summed E-state index contributed by atoms with van der Waals surface area (Å²) in [4.78, 5) is 24.5. The highest BCUT2D eigenvalue weighted by molar-refractivity contribution is 5.99. The van der Waals surface area contributed by atoms with Crippen LogP contribution in [0.4, 0.5) is 0 Å². The minimum Gasteiger partial charge on any atom is -0.506 e. The second kappa shape index (κ2) is 6.81. The van der Waals surface area contributed by atoms with Gasteiger partial charge in [0.15, 0.2) is 5.56 Å². The van der Waals surface area contributed by atoms with Gasteiger partial charge >= 0.3 is 5.97 Å². The number of benzene rings is 2. The van der Waals surface area contributed by atoms with Gasteiger partial charge in [0.05, 0.1) is 12.6 Å². The maximum absolute atomic E-state index is 12.6. The smallest absolute Gasteiger partial charge is 0.347 e. The number of aromatic hydroxyl groups is 1. The van der Waals surface area contributed by atoms with E-state index in [2.05, 4.69) is 4.74 Å². The van der Waals surface area contributed by atoms with Crippen molar-refractivity contribution in [2.75, 3.05) is 7.11 Å². The molecular weight excluding hydrogens is 318 g/mol. The first-order valence-corrected chi connectivity index (χ1v) is 8.07. The van der Waals surface area contributed by atoms with Gasteiger partial charge in [-0.2, -0.15) is 0 Å². The van der Waals surface area contributed by atoms with Crippen molar-refractivity contribution in [2.45, 2.75) is 19.9 Å². The number of aromatic nitrogens is 1. The Balaban J connectivity index is 2.20. The van der Waals surface area contributed by atoms with Crippen LogP contribution >= 0.6 is 0 Å². The molecule has 128 valence electrons. The van der Waals surface area contributed by atoms with Crippen molar-refractivity contribution >= 4 is 16.9 Å². The fourth-order valence-electron chi connectivity index (χ4n) is 3.02. The maximum atomic E-state index is 12.6. The SMILES string of the molecule is CCn1c(=O)c(C(=O)OC)c(O)c2ccc(Cc3ccccc3)cc21. The number of fused-ring (bicyclic) bond motifs is 1. The second-order valence-corrected chi connectivity index (χ2v) is 5.78. The van der Waals surface area contributed by atoms with Crippen molar-refractivity contribution in [3.05, 3.63) is 75.6 Å². The van der Waals surface area contributed by atoms with E-state index in [1.165, 1.54) is 11.7 Å². The van der Waals surface area contributed by atoms with Gasteiger partial charge in [-0.05, 0) is 36.6 Å². The largest absolute Gasteiger partial charge is 0.506 e. The maximum Gasteiger partial charge on any atom is 0.347 e. The molecular formula is C20H19NO4. The highest BCUT2D eigenvalue weighted by Crippen LogP contribution is 2.28. The summed E-state index contributed by atoms with van der Waals surface area (Å²) in [5.41, 5.74) is 1.91. The number of aryl methyl sites for hydroxylation is 1. The molecule has 1 aromatic heterocycles. The third-order valence-electron chi connectivity index (χ3n) is 4.26. The van der Waals surface area contributed by atoms with Gasteiger partial charge < -0.3 is 14.4 Å². The fraction of sp³-hybridized carbons (Fsp3) is 0.200. The predicted molar refractivity (Wildman–Crippen MR) is 96.1 cm³/mol. The molecule has 3 rings (SSSR count). The molecule has 2 aromatic carbocycles. The highest BCUT2D eigenvalue weighted by atomic mass is 16.5. The van der Waals surface area contributed by atoms with Crippen LogP contribution in [0.5, 0.6) is 5.75 Å². The van der Waals surface area contributed by atoms with Crippen LogP contribution < -0.4 is 5.56 Å². The van der Waals surface area contributed by atoms with Crippen molar-refractivity contribution in [1.29, 1.82) is 0 Å². The number of pyridine rings is 1. The molecule has 0 amide bonds. The molecule has 5 nitrogen and oxygen atoms in total. The molecule has 25 heavy (non-hydrogen) atoms. The average Bonchev–Trinajstić information content (AvgIpc) is 2.62. The summed E-state index contributed by atoms with van der Waals surface area (Å²) in [6.45, 7) is 2.21. The molecule has 5 heteroatoms. The lowest BCUT2D eigenvalue weighted by molar-refractivity contribution is 0.0595. The third-order valence-corrected chi connectivity index (χ3v) is 4.26. The molecule has 0 radical (unpaired) electrons. The van der Waals surface area contributed by atoms with Crippen LogP contribution in [0, 0.1) is 0 Å². The molecule has 1 heterocycles. The summed E-state index contributed by atoms with van der Waals surface area (Å²) in [5, 5.41) is 10.9. The van der Waals surface area contributed by atoms with Crippen molar-refractivity contribution < 1.29 is 14.6 Å². The third kappa shape index (κ3) is 3.01. The molecule has 3 aromatic rings. The number of carbonyl (C=O) groups excluding carboxylic acids is 1. The Kier molecular flexibility index (Phi) is 4.57. The number of nitrogens with zero attached hydrogens (tertiary/aromatic N) is 1. The van der Waals surface area contributed by atoms with E-state index in [1.807, 2.05) is 49.4 Å². The van der Waals surface area contributed by atoms with E-state index >= 15 is 0 Å². The Labute approximate surface area is 145 Å². The zero-order valence-corrected chi connectivity index (χ0v) is 14.2. The van der Waals surface area contributed by atoms with Crippen LogP contribution in [0.25, 0.3) is 10.9 Å². The van der Waals surface area contributed by atoms with E-state index in [9.17, 15) is 14.7 Å². The van der Waals surface area contributed by atoms with E-state index in [4.69, 9.17) is 0 Å². The van der Waals surface area contributed by atoms with Gasteiger partial charge in [0.2, 0.25) is 0 Å². The summed E-state index contributed by atoms with van der Waals surface area (Å²) >= 11 is 0. The van der Waals surface area contributed by atoms with Crippen LogP contribution in [0.1, 0.15) is 28.4 Å². The van der Waals surface area contributed by atoms with Crippen LogP contribution in [0.15, 0.2) is 53.3 Å². The molecule has 0 bridgehead atoms. The van der Waals surface area contributed by atoms with Gasteiger partial charge in [-0.25, -0.2) is 4.79 Å². The molecule has 0 atom stereocenters. The van der Waals surface area contributed by atoms with Crippen LogP contribution in [-0.2, 0) is 17.7 Å². The van der Waals surface area contributed by atoms with Crippen LogP contribution in [-0.4, -0.2) is 22.8 Å². The summed E-state index contributed by atoms with van der Waals surface area (Å²) in [6, 6.07) is 15.5. The van der Waals surface area contributed by atoms with E-state index < -0.39 is 11.5 Å². The first-order valence-electron chi connectivity index (χ1n) is 8.07. The van der Waals surface area contributed by atoms with Crippen molar-refractivity contribution in [3.63, 3.8) is 0 Å².